The number of amides is 2. The number of morpholine rings is 1. The molecular formula is C25H28FN3O4. The third-order valence-electron chi connectivity index (χ3n) is 5.88. The average molecular weight is 454 g/mol. The fraction of sp³-hybridized carbons (Fsp3) is 0.360. The Hall–Kier alpha value is -3.23. The van der Waals surface area contributed by atoms with E-state index in [0.717, 1.165) is 25.2 Å². The summed E-state index contributed by atoms with van der Waals surface area (Å²) in [5, 5.41) is 3.14. The van der Waals surface area contributed by atoms with E-state index < -0.39 is 11.7 Å². The predicted molar refractivity (Wildman–Crippen MR) is 123 cm³/mol. The number of hydrogen-bond acceptors (Lipinski definition) is 6. The van der Waals surface area contributed by atoms with Gasteiger partial charge in [0.15, 0.2) is 0 Å². The van der Waals surface area contributed by atoms with Gasteiger partial charge in [-0.3, -0.25) is 19.4 Å². The van der Waals surface area contributed by atoms with Crippen LogP contribution >= 0.6 is 0 Å². The Morgan fingerprint density at radius 2 is 1.76 bits per heavy atom. The quantitative estimate of drug-likeness (QED) is 0.620. The van der Waals surface area contributed by atoms with Gasteiger partial charge in [0.25, 0.3) is 11.8 Å². The molecule has 2 aliphatic heterocycles. The van der Waals surface area contributed by atoms with Crippen molar-refractivity contribution in [2.45, 2.75) is 13.3 Å². The molecule has 1 saturated heterocycles. The summed E-state index contributed by atoms with van der Waals surface area (Å²) in [6.07, 6.45) is 0.662. The van der Waals surface area contributed by atoms with Crippen molar-refractivity contribution in [3.8, 4) is 5.75 Å². The molecule has 0 bridgehead atoms. The van der Waals surface area contributed by atoms with Gasteiger partial charge in [0, 0.05) is 26.2 Å². The Bertz CT molecular complexity index is 1060. The minimum absolute atomic E-state index is 0.168. The molecule has 8 heteroatoms. The van der Waals surface area contributed by atoms with Crippen molar-refractivity contribution in [1.82, 2.24) is 9.80 Å². The van der Waals surface area contributed by atoms with Gasteiger partial charge in [-0.1, -0.05) is 18.2 Å². The maximum absolute atomic E-state index is 13.5. The molecular weight excluding hydrogens is 425 g/mol. The van der Waals surface area contributed by atoms with Crippen molar-refractivity contribution in [1.29, 1.82) is 0 Å². The van der Waals surface area contributed by atoms with Crippen molar-refractivity contribution in [3.05, 3.63) is 65.1 Å². The van der Waals surface area contributed by atoms with Gasteiger partial charge in [0.1, 0.15) is 17.3 Å². The molecule has 174 valence electrons. The van der Waals surface area contributed by atoms with Crippen molar-refractivity contribution in [2.24, 2.45) is 0 Å². The number of hydrogen-bond donors (Lipinski definition) is 1. The second kappa shape index (κ2) is 10.1. The van der Waals surface area contributed by atoms with Gasteiger partial charge >= 0.3 is 0 Å². The number of anilines is 1. The average Bonchev–Trinajstić information content (AvgIpc) is 3.05. The highest BCUT2D eigenvalue weighted by molar-refractivity contribution is 6.36. The first-order valence-electron chi connectivity index (χ1n) is 11.1. The summed E-state index contributed by atoms with van der Waals surface area (Å²) < 4.78 is 24.3. The monoisotopic (exact) mass is 453 g/mol. The van der Waals surface area contributed by atoms with E-state index in [2.05, 4.69) is 10.2 Å². The third-order valence-corrected chi connectivity index (χ3v) is 5.88. The van der Waals surface area contributed by atoms with Crippen LogP contribution < -0.4 is 10.1 Å². The number of methoxy groups -OCH3 is 1. The molecule has 4 rings (SSSR count). The summed E-state index contributed by atoms with van der Waals surface area (Å²) in [6, 6.07) is 11.2. The first kappa shape index (κ1) is 22.9. The molecule has 0 radical (unpaired) electrons. The fourth-order valence-corrected chi connectivity index (χ4v) is 4.11. The lowest BCUT2D eigenvalue weighted by Gasteiger charge is -2.27. The SMILES string of the molecule is COc1ccc(C)cc1NC1=C(c2ccc(F)cc2)C(=O)N(CCCN2CCOCC2)C1=O. The van der Waals surface area contributed by atoms with Gasteiger partial charge < -0.3 is 14.8 Å². The first-order chi connectivity index (χ1) is 16.0. The highest BCUT2D eigenvalue weighted by atomic mass is 19.1. The maximum atomic E-state index is 13.5. The lowest BCUT2D eigenvalue weighted by atomic mass is 10.0. The Morgan fingerprint density at radius 3 is 2.45 bits per heavy atom. The number of nitrogens with zero attached hydrogens (tertiary/aromatic N) is 2. The summed E-state index contributed by atoms with van der Waals surface area (Å²) in [7, 11) is 1.55. The second-order valence-corrected chi connectivity index (χ2v) is 8.16. The summed E-state index contributed by atoms with van der Waals surface area (Å²) in [5.74, 6) is -0.640. The van der Waals surface area contributed by atoms with E-state index in [1.807, 2.05) is 19.1 Å². The smallest absolute Gasteiger partial charge is 0.278 e. The summed E-state index contributed by atoms with van der Waals surface area (Å²) in [5.41, 5.74) is 2.45. The molecule has 0 atom stereocenters. The summed E-state index contributed by atoms with van der Waals surface area (Å²) >= 11 is 0. The minimum atomic E-state index is -0.409. The summed E-state index contributed by atoms with van der Waals surface area (Å²) in [4.78, 5) is 30.3. The van der Waals surface area contributed by atoms with Gasteiger partial charge in [0.2, 0.25) is 0 Å². The number of halogens is 1. The largest absolute Gasteiger partial charge is 0.495 e. The van der Waals surface area contributed by atoms with Crippen LogP contribution in [0.3, 0.4) is 0 Å². The van der Waals surface area contributed by atoms with Crippen LogP contribution in [0, 0.1) is 12.7 Å². The normalized spacial score (nSPS) is 17.1. The lowest BCUT2D eigenvalue weighted by molar-refractivity contribution is -0.136. The molecule has 0 aliphatic carbocycles. The van der Waals surface area contributed by atoms with Crippen LogP contribution in [0.2, 0.25) is 0 Å². The zero-order chi connectivity index (χ0) is 23.4. The molecule has 0 unspecified atom stereocenters. The van der Waals surface area contributed by atoms with Crippen LogP contribution in [0.1, 0.15) is 17.5 Å². The van der Waals surface area contributed by atoms with Crippen molar-refractivity contribution < 1.29 is 23.5 Å². The van der Waals surface area contributed by atoms with Crippen molar-refractivity contribution >= 4 is 23.1 Å². The zero-order valence-electron chi connectivity index (χ0n) is 18.9. The Labute approximate surface area is 192 Å². The molecule has 1 N–H and O–H groups in total. The Kier molecular flexibility index (Phi) is 7.05. The van der Waals surface area contributed by atoms with E-state index >= 15 is 0 Å². The highest BCUT2D eigenvalue weighted by Gasteiger charge is 2.39. The molecule has 2 aromatic carbocycles. The minimum Gasteiger partial charge on any atom is -0.495 e. The van der Waals surface area contributed by atoms with Crippen LogP contribution in [0.4, 0.5) is 10.1 Å². The molecule has 33 heavy (non-hydrogen) atoms. The van der Waals surface area contributed by atoms with Gasteiger partial charge in [0.05, 0.1) is 31.6 Å². The number of aryl methyl sites for hydroxylation is 1. The molecule has 1 fully saturated rings. The fourth-order valence-electron chi connectivity index (χ4n) is 4.11. The number of nitrogens with one attached hydrogen (secondary N) is 1. The predicted octanol–water partition coefficient (Wildman–Crippen LogP) is 3.06. The summed E-state index contributed by atoms with van der Waals surface area (Å²) in [6.45, 7) is 6.10. The molecule has 7 nitrogen and oxygen atoms in total. The number of benzene rings is 2. The van der Waals surface area contributed by atoms with E-state index in [9.17, 15) is 14.0 Å². The number of ether oxygens (including phenoxy) is 2. The van der Waals surface area contributed by atoms with E-state index in [1.165, 1.54) is 29.2 Å². The van der Waals surface area contributed by atoms with E-state index in [0.29, 0.717) is 43.2 Å². The number of imide groups is 1. The van der Waals surface area contributed by atoms with Gasteiger partial charge in [-0.15, -0.1) is 0 Å². The van der Waals surface area contributed by atoms with Crippen LogP contribution in [-0.2, 0) is 14.3 Å². The lowest BCUT2D eigenvalue weighted by Crippen LogP contribution is -2.39. The molecule has 2 aliphatic rings. The van der Waals surface area contributed by atoms with E-state index in [4.69, 9.17) is 9.47 Å². The van der Waals surface area contributed by atoms with E-state index in [-0.39, 0.29) is 17.2 Å². The topological polar surface area (TPSA) is 71.1 Å². The molecule has 0 spiro atoms. The van der Waals surface area contributed by atoms with E-state index in [1.54, 1.807) is 13.2 Å². The van der Waals surface area contributed by atoms with Crippen molar-refractivity contribution in [2.75, 3.05) is 51.8 Å². The molecule has 2 heterocycles. The second-order valence-electron chi connectivity index (χ2n) is 8.16. The van der Waals surface area contributed by atoms with Gasteiger partial charge in [-0.05, 0) is 48.7 Å². The Balaban J connectivity index is 1.60. The number of rotatable bonds is 8. The van der Waals surface area contributed by atoms with Crippen LogP contribution in [0.5, 0.6) is 5.75 Å². The number of carbonyl (C=O) groups is 2. The first-order valence-corrected chi connectivity index (χ1v) is 11.1. The van der Waals surface area contributed by atoms with Gasteiger partial charge in [-0.25, -0.2) is 4.39 Å². The number of carbonyl (C=O) groups excluding carboxylic acids is 2. The van der Waals surface area contributed by atoms with Crippen LogP contribution in [-0.4, -0.2) is 68.1 Å². The van der Waals surface area contributed by atoms with Crippen LogP contribution in [0.15, 0.2) is 48.2 Å². The third kappa shape index (κ3) is 5.07. The van der Waals surface area contributed by atoms with Crippen molar-refractivity contribution in [3.63, 3.8) is 0 Å². The molecule has 0 saturated carbocycles. The maximum Gasteiger partial charge on any atom is 0.278 e. The molecule has 2 amide bonds. The Morgan fingerprint density at radius 1 is 1.03 bits per heavy atom. The van der Waals surface area contributed by atoms with Gasteiger partial charge in [-0.2, -0.15) is 0 Å². The highest BCUT2D eigenvalue weighted by Crippen LogP contribution is 2.34. The zero-order valence-corrected chi connectivity index (χ0v) is 18.9. The molecule has 2 aromatic rings. The molecule has 0 aromatic heterocycles. The van der Waals surface area contributed by atoms with Crippen LogP contribution in [0.25, 0.3) is 5.57 Å². The standard InChI is InChI=1S/C25H28FN3O4/c1-17-4-9-21(32-2)20(16-17)27-23-22(18-5-7-19(26)8-6-18)24(30)29(25(23)31)11-3-10-28-12-14-33-15-13-28/h4-9,16,27H,3,10-15H2,1-2H3.